The van der Waals surface area contributed by atoms with Crippen molar-refractivity contribution in [1.82, 2.24) is 9.80 Å². The van der Waals surface area contributed by atoms with Crippen LogP contribution in [0, 0.1) is 5.82 Å². The van der Waals surface area contributed by atoms with E-state index < -0.39 is 0 Å². The van der Waals surface area contributed by atoms with Crippen molar-refractivity contribution in [2.24, 2.45) is 0 Å². The van der Waals surface area contributed by atoms with Gasteiger partial charge in [0.25, 0.3) is 0 Å². The minimum Gasteiger partial charge on any atom is -0.493 e. The molecule has 0 saturated carbocycles. The molecule has 0 aliphatic carbocycles. The van der Waals surface area contributed by atoms with Gasteiger partial charge in [0, 0.05) is 38.3 Å². The highest BCUT2D eigenvalue weighted by Crippen LogP contribution is 2.28. The summed E-state index contributed by atoms with van der Waals surface area (Å²) in [7, 11) is 3.20. The fraction of sp³-hybridized carbons (Fsp3) is 0.444. The van der Waals surface area contributed by atoms with Crippen LogP contribution in [0.4, 0.5) is 4.39 Å². The standard InChI is InChI=1S/C27H33FN2O4/c1-32-25-9-7-20(19-26(25)33-2)8-10-27(31)30-15-11-21(12-16-30)29-17-13-22(14-18-29)34-24-6-4-3-5-23(24)28/h3-10,19,21-22H,11-18H2,1-2H3. The van der Waals surface area contributed by atoms with Crippen LogP contribution in [0.15, 0.2) is 48.5 Å². The molecule has 0 aromatic heterocycles. The summed E-state index contributed by atoms with van der Waals surface area (Å²) in [4.78, 5) is 17.1. The Hall–Kier alpha value is -3.06. The van der Waals surface area contributed by atoms with E-state index in [2.05, 4.69) is 4.90 Å². The van der Waals surface area contributed by atoms with E-state index in [0.29, 0.717) is 23.3 Å². The molecule has 0 spiro atoms. The predicted octanol–water partition coefficient (Wildman–Crippen LogP) is 4.39. The summed E-state index contributed by atoms with van der Waals surface area (Å²) in [5.74, 6) is 1.37. The van der Waals surface area contributed by atoms with E-state index in [-0.39, 0.29) is 17.8 Å². The van der Waals surface area contributed by atoms with Crippen molar-refractivity contribution >= 4 is 12.0 Å². The zero-order valence-electron chi connectivity index (χ0n) is 19.9. The molecule has 2 fully saturated rings. The molecule has 2 aromatic rings. The van der Waals surface area contributed by atoms with Gasteiger partial charge in [0.15, 0.2) is 23.1 Å². The lowest BCUT2D eigenvalue weighted by atomic mass is 9.98. The number of carbonyl (C=O) groups is 1. The molecule has 0 unspecified atom stereocenters. The van der Waals surface area contributed by atoms with Gasteiger partial charge < -0.3 is 19.1 Å². The molecule has 6 nitrogen and oxygen atoms in total. The van der Waals surface area contributed by atoms with Gasteiger partial charge in [-0.25, -0.2) is 4.39 Å². The number of benzene rings is 2. The van der Waals surface area contributed by atoms with E-state index in [1.54, 1.807) is 38.5 Å². The number of methoxy groups -OCH3 is 2. The maximum atomic E-state index is 13.8. The molecule has 2 aromatic carbocycles. The van der Waals surface area contributed by atoms with Crippen LogP contribution >= 0.6 is 0 Å². The topological polar surface area (TPSA) is 51.2 Å². The molecule has 2 saturated heterocycles. The summed E-state index contributed by atoms with van der Waals surface area (Å²) in [6.45, 7) is 3.39. The van der Waals surface area contributed by atoms with Crippen LogP contribution in [0.5, 0.6) is 17.2 Å². The summed E-state index contributed by atoms with van der Waals surface area (Å²) in [5.41, 5.74) is 0.890. The van der Waals surface area contributed by atoms with E-state index in [9.17, 15) is 9.18 Å². The minimum absolute atomic E-state index is 0.0326. The van der Waals surface area contributed by atoms with Gasteiger partial charge in [0.2, 0.25) is 5.91 Å². The van der Waals surface area contributed by atoms with Crippen molar-refractivity contribution in [2.45, 2.75) is 37.8 Å². The number of hydrogen-bond donors (Lipinski definition) is 0. The number of rotatable bonds is 7. The first-order valence-electron chi connectivity index (χ1n) is 11.9. The Balaban J connectivity index is 1.22. The van der Waals surface area contributed by atoms with Gasteiger partial charge in [-0.05, 0) is 61.6 Å². The molecule has 1 amide bonds. The number of carbonyl (C=O) groups excluding carboxylic acids is 1. The van der Waals surface area contributed by atoms with Crippen LogP contribution in [0.3, 0.4) is 0 Å². The van der Waals surface area contributed by atoms with Gasteiger partial charge >= 0.3 is 0 Å². The number of para-hydroxylation sites is 1. The maximum absolute atomic E-state index is 13.8. The first-order chi connectivity index (χ1) is 16.6. The van der Waals surface area contributed by atoms with Gasteiger partial charge in [0.05, 0.1) is 14.2 Å². The second-order valence-corrected chi connectivity index (χ2v) is 8.79. The Morgan fingerprint density at radius 1 is 0.912 bits per heavy atom. The maximum Gasteiger partial charge on any atom is 0.246 e. The number of likely N-dealkylation sites (tertiary alicyclic amines) is 2. The number of halogens is 1. The number of amides is 1. The molecule has 0 atom stereocenters. The van der Waals surface area contributed by atoms with Crippen LogP contribution in [-0.2, 0) is 4.79 Å². The smallest absolute Gasteiger partial charge is 0.246 e. The van der Waals surface area contributed by atoms with E-state index in [4.69, 9.17) is 14.2 Å². The number of nitrogens with zero attached hydrogens (tertiary/aromatic N) is 2. The molecule has 182 valence electrons. The van der Waals surface area contributed by atoms with Crippen LogP contribution < -0.4 is 14.2 Å². The normalized spacial score (nSPS) is 18.3. The molecule has 0 bridgehead atoms. The highest BCUT2D eigenvalue weighted by Gasteiger charge is 2.30. The SMILES string of the molecule is COc1ccc(C=CC(=O)N2CCC(N3CCC(Oc4ccccc4F)CC3)CC2)cc1OC. The Morgan fingerprint density at radius 3 is 2.29 bits per heavy atom. The average molecular weight is 469 g/mol. The largest absolute Gasteiger partial charge is 0.493 e. The van der Waals surface area contributed by atoms with Crippen molar-refractivity contribution in [1.29, 1.82) is 0 Å². The number of hydrogen-bond acceptors (Lipinski definition) is 5. The monoisotopic (exact) mass is 468 g/mol. The molecule has 2 heterocycles. The lowest BCUT2D eigenvalue weighted by molar-refractivity contribution is -0.127. The molecule has 0 N–H and O–H groups in total. The van der Waals surface area contributed by atoms with Crippen molar-refractivity contribution in [3.63, 3.8) is 0 Å². The molecule has 2 aliphatic rings. The van der Waals surface area contributed by atoms with Crippen LogP contribution in [0.25, 0.3) is 6.08 Å². The second kappa shape index (κ2) is 11.4. The minimum atomic E-state index is -0.304. The van der Waals surface area contributed by atoms with Gasteiger partial charge in [-0.2, -0.15) is 0 Å². The molecule has 0 radical (unpaired) electrons. The Bertz CT molecular complexity index is 996. The summed E-state index contributed by atoms with van der Waals surface area (Å²) in [5, 5.41) is 0. The second-order valence-electron chi connectivity index (χ2n) is 8.79. The van der Waals surface area contributed by atoms with E-state index >= 15 is 0 Å². The first kappa shape index (κ1) is 24.1. The fourth-order valence-corrected chi connectivity index (χ4v) is 4.76. The summed E-state index contributed by atoms with van der Waals surface area (Å²) in [6.07, 6.45) is 7.22. The van der Waals surface area contributed by atoms with Crippen molar-refractivity contribution < 1.29 is 23.4 Å². The third-order valence-electron chi connectivity index (χ3n) is 6.73. The lowest BCUT2D eigenvalue weighted by Gasteiger charge is -2.41. The summed E-state index contributed by atoms with van der Waals surface area (Å²) in [6, 6.07) is 12.7. The van der Waals surface area contributed by atoms with E-state index in [0.717, 1.165) is 57.4 Å². The quantitative estimate of drug-likeness (QED) is 0.564. The van der Waals surface area contributed by atoms with Gasteiger partial charge in [-0.1, -0.05) is 18.2 Å². The van der Waals surface area contributed by atoms with E-state index in [1.807, 2.05) is 29.2 Å². The molecule has 2 aliphatic heterocycles. The summed E-state index contributed by atoms with van der Waals surface area (Å²) >= 11 is 0. The lowest BCUT2D eigenvalue weighted by Crippen LogP contribution is -2.49. The zero-order valence-corrected chi connectivity index (χ0v) is 19.9. The summed E-state index contributed by atoms with van der Waals surface area (Å²) < 4.78 is 30.3. The van der Waals surface area contributed by atoms with Crippen LogP contribution in [-0.4, -0.2) is 68.3 Å². The number of piperidine rings is 2. The molecular formula is C27H33FN2O4. The fourth-order valence-electron chi connectivity index (χ4n) is 4.76. The molecule has 4 rings (SSSR count). The molecular weight excluding hydrogens is 435 g/mol. The van der Waals surface area contributed by atoms with Gasteiger partial charge in [0.1, 0.15) is 6.10 Å². The first-order valence-corrected chi connectivity index (χ1v) is 11.9. The van der Waals surface area contributed by atoms with Crippen LogP contribution in [0.1, 0.15) is 31.2 Å². The highest BCUT2D eigenvalue weighted by molar-refractivity contribution is 5.92. The number of ether oxygens (including phenoxy) is 3. The average Bonchev–Trinajstić information content (AvgIpc) is 2.89. The van der Waals surface area contributed by atoms with Crippen LogP contribution in [0.2, 0.25) is 0 Å². The molecule has 7 heteroatoms. The Labute approximate surface area is 200 Å². The van der Waals surface area contributed by atoms with Gasteiger partial charge in [-0.15, -0.1) is 0 Å². The highest BCUT2D eigenvalue weighted by atomic mass is 19.1. The Kier molecular flexibility index (Phi) is 8.06. The molecule has 34 heavy (non-hydrogen) atoms. The zero-order chi connectivity index (χ0) is 23.9. The Morgan fingerprint density at radius 2 is 1.62 bits per heavy atom. The predicted molar refractivity (Wildman–Crippen MR) is 130 cm³/mol. The van der Waals surface area contributed by atoms with Crippen molar-refractivity contribution in [2.75, 3.05) is 40.4 Å². The van der Waals surface area contributed by atoms with Gasteiger partial charge in [-0.3, -0.25) is 9.69 Å². The third kappa shape index (κ3) is 5.89. The van der Waals surface area contributed by atoms with Crippen molar-refractivity contribution in [3.05, 3.63) is 59.9 Å². The third-order valence-corrected chi connectivity index (χ3v) is 6.73. The van der Waals surface area contributed by atoms with E-state index in [1.165, 1.54) is 6.07 Å². The van der Waals surface area contributed by atoms with Crippen molar-refractivity contribution in [3.8, 4) is 17.2 Å².